The highest BCUT2D eigenvalue weighted by molar-refractivity contribution is 5.71. The molecule has 1 fully saturated rings. The second-order valence-electron chi connectivity index (χ2n) is 3.05. The molecular formula is C7H13FN2O. The number of nitrogens with one attached hydrogen (secondary N) is 1. The van der Waals surface area contributed by atoms with E-state index in [0.29, 0.717) is 25.8 Å². The third-order valence-electron chi connectivity index (χ3n) is 2.12. The molecule has 0 atom stereocenters. The van der Waals surface area contributed by atoms with E-state index in [-0.39, 0.29) is 0 Å². The van der Waals surface area contributed by atoms with E-state index in [2.05, 4.69) is 5.32 Å². The molecule has 0 aromatic rings. The van der Waals surface area contributed by atoms with Gasteiger partial charge in [0.15, 0.2) is 0 Å². The molecule has 1 rings (SSSR count). The molecule has 3 nitrogen and oxygen atoms in total. The molecule has 0 aliphatic heterocycles. The first kappa shape index (κ1) is 8.30. The summed E-state index contributed by atoms with van der Waals surface area (Å²) in [4.78, 5) is 10.2. The van der Waals surface area contributed by atoms with Crippen LogP contribution in [0.25, 0.3) is 0 Å². The molecule has 0 aromatic carbocycles. The average Bonchev–Trinajstić information content (AvgIpc) is 1.83. The standard InChI is InChI=1S/C7H13FN2O/c8-7(2-1-3-7)4-5-10-6(9)11/h1-5H2,(H3,9,10,11). The lowest BCUT2D eigenvalue weighted by Crippen LogP contribution is -2.38. The molecule has 1 aliphatic rings. The van der Waals surface area contributed by atoms with E-state index in [9.17, 15) is 9.18 Å². The van der Waals surface area contributed by atoms with Crippen LogP contribution in [-0.4, -0.2) is 18.2 Å². The number of rotatable bonds is 3. The monoisotopic (exact) mass is 160 g/mol. The minimum absolute atomic E-state index is 0.353. The summed E-state index contributed by atoms with van der Waals surface area (Å²) in [5.74, 6) is 0. The van der Waals surface area contributed by atoms with Crippen LogP contribution in [0.15, 0.2) is 0 Å². The fourth-order valence-corrected chi connectivity index (χ4v) is 1.22. The van der Waals surface area contributed by atoms with Crippen LogP contribution in [0.5, 0.6) is 0 Å². The fraction of sp³-hybridized carbons (Fsp3) is 0.857. The van der Waals surface area contributed by atoms with E-state index in [4.69, 9.17) is 5.73 Å². The van der Waals surface area contributed by atoms with Crippen LogP contribution in [0.2, 0.25) is 0 Å². The zero-order chi connectivity index (χ0) is 8.32. The predicted octanol–water partition coefficient (Wildman–Crippen LogP) is 0.937. The van der Waals surface area contributed by atoms with E-state index in [0.717, 1.165) is 6.42 Å². The van der Waals surface area contributed by atoms with Gasteiger partial charge in [-0.25, -0.2) is 9.18 Å². The van der Waals surface area contributed by atoms with Crippen LogP contribution in [0.4, 0.5) is 9.18 Å². The number of alkyl halides is 1. The summed E-state index contributed by atoms with van der Waals surface area (Å²) in [5.41, 5.74) is 3.80. The van der Waals surface area contributed by atoms with Gasteiger partial charge in [0, 0.05) is 6.54 Å². The second kappa shape index (κ2) is 3.07. The van der Waals surface area contributed by atoms with Gasteiger partial charge in [0.1, 0.15) is 5.67 Å². The summed E-state index contributed by atoms with van der Waals surface area (Å²) < 4.78 is 13.2. The van der Waals surface area contributed by atoms with Gasteiger partial charge in [-0.1, -0.05) is 0 Å². The molecule has 0 heterocycles. The van der Waals surface area contributed by atoms with E-state index < -0.39 is 11.7 Å². The van der Waals surface area contributed by atoms with E-state index >= 15 is 0 Å². The van der Waals surface area contributed by atoms with Crippen molar-refractivity contribution >= 4 is 6.03 Å². The van der Waals surface area contributed by atoms with E-state index in [1.807, 2.05) is 0 Å². The summed E-state index contributed by atoms with van der Waals surface area (Å²) in [6.45, 7) is 0.353. The molecule has 2 amide bonds. The van der Waals surface area contributed by atoms with Crippen LogP contribution in [0.3, 0.4) is 0 Å². The summed E-state index contributed by atoms with van der Waals surface area (Å²) in [7, 11) is 0. The quantitative estimate of drug-likeness (QED) is 0.634. The maximum Gasteiger partial charge on any atom is 0.312 e. The van der Waals surface area contributed by atoms with Crippen LogP contribution in [0.1, 0.15) is 25.7 Å². The highest BCUT2D eigenvalue weighted by atomic mass is 19.1. The SMILES string of the molecule is NC(=O)NCCC1(F)CCC1. The molecule has 1 saturated carbocycles. The van der Waals surface area contributed by atoms with Gasteiger partial charge in [-0.3, -0.25) is 0 Å². The van der Waals surface area contributed by atoms with Gasteiger partial charge in [-0.2, -0.15) is 0 Å². The lowest BCUT2D eigenvalue weighted by Gasteiger charge is -2.33. The minimum atomic E-state index is -1.01. The van der Waals surface area contributed by atoms with Gasteiger partial charge in [-0.05, 0) is 25.7 Å². The summed E-state index contributed by atoms with van der Waals surface area (Å²) >= 11 is 0. The zero-order valence-corrected chi connectivity index (χ0v) is 6.40. The Hall–Kier alpha value is -0.800. The largest absolute Gasteiger partial charge is 0.352 e. The Labute approximate surface area is 65.1 Å². The number of carbonyl (C=O) groups is 1. The minimum Gasteiger partial charge on any atom is -0.352 e. The Morgan fingerprint density at radius 3 is 2.64 bits per heavy atom. The first-order valence-electron chi connectivity index (χ1n) is 3.85. The highest BCUT2D eigenvalue weighted by Gasteiger charge is 2.36. The molecule has 0 spiro atoms. The molecule has 0 radical (unpaired) electrons. The molecule has 3 N–H and O–H groups in total. The van der Waals surface area contributed by atoms with Gasteiger partial charge < -0.3 is 11.1 Å². The summed E-state index contributed by atoms with van der Waals surface area (Å²) in [6.07, 6.45) is 2.63. The highest BCUT2D eigenvalue weighted by Crippen LogP contribution is 2.38. The second-order valence-corrected chi connectivity index (χ2v) is 3.05. The Kier molecular flexibility index (Phi) is 2.31. The number of amides is 2. The number of primary amides is 1. The number of urea groups is 1. The normalized spacial score (nSPS) is 20.5. The smallest absolute Gasteiger partial charge is 0.312 e. The predicted molar refractivity (Wildman–Crippen MR) is 39.9 cm³/mol. The summed E-state index contributed by atoms with van der Waals surface area (Å²) in [5, 5.41) is 2.37. The van der Waals surface area contributed by atoms with E-state index in [1.54, 1.807) is 0 Å². The number of hydrogen-bond donors (Lipinski definition) is 2. The first-order valence-corrected chi connectivity index (χ1v) is 3.85. The third kappa shape index (κ3) is 2.37. The Morgan fingerprint density at radius 1 is 1.64 bits per heavy atom. The number of nitrogens with two attached hydrogens (primary N) is 1. The molecule has 0 bridgehead atoms. The van der Waals surface area contributed by atoms with Gasteiger partial charge in [0.05, 0.1) is 0 Å². The fourth-order valence-electron chi connectivity index (χ4n) is 1.22. The van der Waals surface area contributed by atoms with Gasteiger partial charge in [0.2, 0.25) is 0 Å². The van der Waals surface area contributed by atoms with Crippen LogP contribution >= 0.6 is 0 Å². The molecule has 11 heavy (non-hydrogen) atoms. The van der Waals surface area contributed by atoms with Crippen molar-refractivity contribution in [2.75, 3.05) is 6.54 Å². The number of carbonyl (C=O) groups excluding carboxylic acids is 1. The Bertz CT molecular complexity index is 157. The molecule has 0 saturated heterocycles. The van der Waals surface area contributed by atoms with Crippen molar-refractivity contribution in [1.29, 1.82) is 0 Å². The van der Waals surface area contributed by atoms with Crippen molar-refractivity contribution in [2.45, 2.75) is 31.4 Å². The molecule has 0 aromatic heterocycles. The van der Waals surface area contributed by atoms with Crippen molar-refractivity contribution in [3.63, 3.8) is 0 Å². The van der Waals surface area contributed by atoms with Crippen LogP contribution in [0, 0.1) is 0 Å². The molecule has 4 heteroatoms. The lowest BCUT2D eigenvalue weighted by atomic mass is 9.80. The lowest BCUT2D eigenvalue weighted by molar-refractivity contribution is 0.0550. The van der Waals surface area contributed by atoms with Crippen molar-refractivity contribution in [2.24, 2.45) is 5.73 Å². The summed E-state index contributed by atoms with van der Waals surface area (Å²) in [6, 6.07) is -0.576. The third-order valence-corrected chi connectivity index (χ3v) is 2.12. The molecule has 0 unspecified atom stereocenters. The topological polar surface area (TPSA) is 55.1 Å². The van der Waals surface area contributed by atoms with Crippen LogP contribution < -0.4 is 11.1 Å². The van der Waals surface area contributed by atoms with Gasteiger partial charge in [-0.15, -0.1) is 0 Å². The first-order chi connectivity index (χ1) is 5.12. The maximum absolute atomic E-state index is 13.2. The maximum atomic E-state index is 13.2. The zero-order valence-electron chi connectivity index (χ0n) is 6.40. The van der Waals surface area contributed by atoms with Crippen molar-refractivity contribution in [1.82, 2.24) is 5.32 Å². The van der Waals surface area contributed by atoms with Crippen molar-refractivity contribution in [3.8, 4) is 0 Å². The molecule has 1 aliphatic carbocycles. The van der Waals surface area contributed by atoms with Gasteiger partial charge >= 0.3 is 6.03 Å². The van der Waals surface area contributed by atoms with E-state index in [1.165, 1.54) is 0 Å². The van der Waals surface area contributed by atoms with Gasteiger partial charge in [0.25, 0.3) is 0 Å². The number of hydrogen-bond acceptors (Lipinski definition) is 1. The molecule has 64 valence electrons. The van der Waals surface area contributed by atoms with Crippen molar-refractivity contribution < 1.29 is 9.18 Å². The van der Waals surface area contributed by atoms with Crippen molar-refractivity contribution in [3.05, 3.63) is 0 Å². The Morgan fingerprint density at radius 2 is 2.27 bits per heavy atom. The molecular weight excluding hydrogens is 147 g/mol. The number of halogens is 1. The average molecular weight is 160 g/mol. The van der Waals surface area contributed by atoms with Crippen LogP contribution in [-0.2, 0) is 0 Å². The Balaban J connectivity index is 2.07.